The van der Waals surface area contributed by atoms with E-state index in [1.807, 2.05) is 0 Å². The fraction of sp³-hybridized carbons (Fsp3) is 0.250. The number of hydrogen-bond donors (Lipinski definition) is 2. The number of nitrogens with two attached hydrogens (primary N) is 1. The number of H-pyrrole nitrogens is 1. The summed E-state index contributed by atoms with van der Waals surface area (Å²) < 4.78 is 10.4. The molecule has 1 aromatic carbocycles. The summed E-state index contributed by atoms with van der Waals surface area (Å²) >= 11 is 0. The zero-order valence-corrected chi connectivity index (χ0v) is 9.96. The lowest BCUT2D eigenvalue weighted by molar-refractivity contribution is 0.100. The normalized spacial score (nSPS) is 10.5. The summed E-state index contributed by atoms with van der Waals surface area (Å²) in [5, 5.41) is 0.693. The molecule has 0 saturated carbocycles. The van der Waals surface area contributed by atoms with Gasteiger partial charge in [-0.1, -0.05) is 0 Å². The molecule has 0 bridgehead atoms. The molecule has 5 heteroatoms. The maximum Gasteiger partial charge on any atom is 0.251 e. The van der Waals surface area contributed by atoms with Crippen molar-refractivity contribution >= 4 is 16.8 Å². The molecule has 1 amide bonds. The maximum absolute atomic E-state index is 11.4. The van der Waals surface area contributed by atoms with Crippen molar-refractivity contribution < 1.29 is 14.3 Å². The Morgan fingerprint density at radius 2 is 2.00 bits per heavy atom. The fourth-order valence-corrected chi connectivity index (χ4v) is 1.99. The SMILES string of the molecule is COc1cc(OC)c2c(C(N)=O)c(C)[nH]c2c1. The zero-order valence-electron chi connectivity index (χ0n) is 9.96. The standard InChI is InChI=1S/C12H14N2O3/c1-6-10(12(13)15)11-8(14-6)4-7(16-2)5-9(11)17-3/h4-5,14H,1-3H3,(H2,13,15). The van der Waals surface area contributed by atoms with Crippen LogP contribution in [0.15, 0.2) is 12.1 Å². The number of benzene rings is 1. The number of rotatable bonds is 3. The first-order valence-electron chi connectivity index (χ1n) is 5.12. The number of carbonyl (C=O) groups excluding carboxylic acids is 1. The number of amides is 1. The number of nitrogens with one attached hydrogen (secondary N) is 1. The van der Waals surface area contributed by atoms with Crippen LogP contribution in [0.5, 0.6) is 11.5 Å². The van der Waals surface area contributed by atoms with Gasteiger partial charge in [0.05, 0.1) is 30.7 Å². The quantitative estimate of drug-likeness (QED) is 0.846. The second-order valence-corrected chi connectivity index (χ2v) is 3.74. The number of fused-ring (bicyclic) bond motifs is 1. The topological polar surface area (TPSA) is 77.3 Å². The predicted molar refractivity (Wildman–Crippen MR) is 64.7 cm³/mol. The van der Waals surface area contributed by atoms with E-state index in [4.69, 9.17) is 15.2 Å². The van der Waals surface area contributed by atoms with Crippen LogP contribution in [0.25, 0.3) is 10.9 Å². The molecule has 0 atom stereocenters. The Morgan fingerprint density at radius 3 is 2.53 bits per heavy atom. The second kappa shape index (κ2) is 4.01. The fourth-order valence-electron chi connectivity index (χ4n) is 1.99. The number of ether oxygens (including phenoxy) is 2. The molecule has 17 heavy (non-hydrogen) atoms. The Hall–Kier alpha value is -2.17. The van der Waals surface area contributed by atoms with Gasteiger partial charge in [0.15, 0.2) is 0 Å². The zero-order chi connectivity index (χ0) is 12.6. The minimum atomic E-state index is -0.475. The van der Waals surface area contributed by atoms with Crippen LogP contribution in [0.3, 0.4) is 0 Å². The first kappa shape index (κ1) is 11.3. The van der Waals surface area contributed by atoms with E-state index in [1.165, 1.54) is 0 Å². The molecule has 5 nitrogen and oxygen atoms in total. The van der Waals surface area contributed by atoms with E-state index in [9.17, 15) is 4.79 Å². The summed E-state index contributed by atoms with van der Waals surface area (Å²) in [5.74, 6) is 0.751. The minimum Gasteiger partial charge on any atom is -0.497 e. The van der Waals surface area contributed by atoms with Crippen molar-refractivity contribution in [3.63, 3.8) is 0 Å². The molecular formula is C12H14N2O3. The average Bonchev–Trinajstić information content (AvgIpc) is 2.63. The van der Waals surface area contributed by atoms with Crippen molar-refractivity contribution in [2.75, 3.05) is 14.2 Å². The number of hydrogen-bond acceptors (Lipinski definition) is 3. The average molecular weight is 234 g/mol. The molecule has 0 spiro atoms. The van der Waals surface area contributed by atoms with Gasteiger partial charge in [0.2, 0.25) is 0 Å². The molecule has 0 unspecified atom stereocenters. The van der Waals surface area contributed by atoms with E-state index >= 15 is 0 Å². The lowest BCUT2D eigenvalue weighted by atomic mass is 10.1. The highest BCUT2D eigenvalue weighted by Gasteiger charge is 2.18. The molecule has 90 valence electrons. The number of aromatic nitrogens is 1. The van der Waals surface area contributed by atoms with Crippen LogP contribution in [-0.2, 0) is 0 Å². The third-order valence-corrected chi connectivity index (χ3v) is 2.72. The van der Waals surface area contributed by atoms with Crippen LogP contribution in [0, 0.1) is 6.92 Å². The van der Waals surface area contributed by atoms with Gasteiger partial charge in [0.25, 0.3) is 5.91 Å². The maximum atomic E-state index is 11.4. The lowest BCUT2D eigenvalue weighted by Crippen LogP contribution is -2.11. The van der Waals surface area contributed by atoms with E-state index < -0.39 is 5.91 Å². The summed E-state index contributed by atoms with van der Waals surface area (Å²) in [7, 11) is 3.12. The molecular weight excluding hydrogens is 220 g/mol. The monoisotopic (exact) mass is 234 g/mol. The van der Waals surface area contributed by atoms with Gasteiger partial charge in [-0.3, -0.25) is 4.79 Å². The third-order valence-electron chi connectivity index (χ3n) is 2.72. The van der Waals surface area contributed by atoms with E-state index in [-0.39, 0.29) is 0 Å². The van der Waals surface area contributed by atoms with Crippen molar-refractivity contribution in [3.8, 4) is 11.5 Å². The minimum absolute atomic E-state index is 0.458. The Kier molecular flexibility index (Phi) is 2.67. The van der Waals surface area contributed by atoms with Gasteiger partial charge in [-0.25, -0.2) is 0 Å². The van der Waals surface area contributed by atoms with E-state index in [0.29, 0.717) is 22.4 Å². The number of methoxy groups -OCH3 is 2. The number of aryl methyl sites for hydroxylation is 1. The Balaban J connectivity index is 2.85. The molecule has 3 N–H and O–H groups in total. The second-order valence-electron chi connectivity index (χ2n) is 3.74. The van der Waals surface area contributed by atoms with Crippen LogP contribution < -0.4 is 15.2 Å². The molecule has 1 heterocycles. The van der Waals surface area contributed by atoms with Gasteiger partial charge >= 0.3 is 0 Å². The summed E-state index contributed by atoms with van der Waals surface area (Å²) in [5.41, 5.74) is 7.32. The van der Waals surface area contributed by atoms with Gasteiger partial charge in [-0.05, 0) is 6.92 Å². The predicted octanol–water partition coefficient (Wildman–Crippen LogP) is 1.59. The van der Waals surface area contributed by atoms with Crippen LogP contribution in [0.4, 0.5) is 0 Å². The lowest BCUT2D eigenvalue weighted by Gasteiger charge is -2.06. The molecule has 2 aromatic rings. The van der Waals surface area contributed by atoms with Crippen LogP contribution >= 0.6 is 0 Å². The Morgan fingerprint density at radius 1 is 1.29 bits per heavy atom. The number of aromatic amines is 1. The molecule has 0 fully saturated rings. The first-order valence-corrected chi connectivity index (χ1v) is 5.12. The van der Waals surface area contributed by atoms with Crippen LogP contribution in [0.1, 0.15) is 16.1 Å². The highest BCUT2D eigenvalue weighted by Crippen LogP contribution is 2.34. The van der Waals surface area contributed by atoms with Gasteiger partial charge < -0.3 is 20.2 Å². The molecule has 2 rings (SSSR count). The largest absolute Gasteiger partial charge is 0.497 e. The van der Waals surface area contributed by atoms with Crippen LogP contribution in [0.2, 0.25) is 0 Å². The van der Waals surface area contributed by atoms with E-state index in [0.717, 1.165) is 11.2 Å². The smallest absolute Gasteiger partial charge is 0.251 e. The number of carbonyl (C=O) groups is 1. The Labute approximate surface area is 98.5 Å². The van der Waals surface area contributed by atoms with E-state index in [1.54, 1.807) is 33.3 Å². The van der Waals surface area contributed by atoms with Crippen molar-refractivity contribution in [3.05, 3.63) is 23.4 Å². The van der Waals surface area contributed by atoms with Gasteiger partial charge in [0.1, 0.15) is 11.5 Å². The first-order chi connectivity index (χ1) is 8.08. The van der Waals surface area contributed by atoms with Crippen molar-refractivity contribution in [2.24, 2.45) is 5.73 Å². The summed E-state index contributed by atoms with van der Waals surface area (Å²) in [6, 6.07) is 3.53. The Bertz CT molecular complexity index is 587. The molecule has 0 radical (unpaired) electrons. The molecule has 0 aliphatic rings. The van der Waals surface area contributed by atoms with Gasteiger partial charge in [0, 0.05) is 17.8 Å². The number of primary amides is 1. The summed E-state index contributed by atoms with van der Waals surface area (Å²) in [4.78, 5) is 14.5. The molecule has 0 saturated heterocycles. The van der Waals surface area contributed by atoms with E-state index in [2.05, 4.69) is 4.98 Å². The summed E-state index contributed by atoms with van der Waals surface area (Å²) in [6.45, 7) is 1.80. The summed E-state index contributed by atoms with van der Waals surface area (Å²) in [6.07, 6.45) is 0. The van der Waals surface area contributed by atoms with Gasteiger partial charge in [-0.2, -0.15) is 0 Å². The molecule has 1 aromatic heterocycles. The third kappa shape index (κ3) is 1.69. The van der Waals surface area contributed by atoms with Crippen molar-refractivity contribution in [2.45, 2.75) is 6.92 Å². The van der Waals surface area contributed by atoms with Crippen molar-refractivity contribution in [1.29, 1.82) is 0 Å². The molecule has 0 aliphatic carbocycles. The highest BCUT2D eigenvalue weighted by molar-refractivity contribution is 6.10. The van der Waals surface area contributed by atoms with Crippen LogP contribution in [-0.4, -0.2) is 25.1 Å². The highest BCUT2D eigenvalue weighted by atomic mass is 16.5. The van der Waals surface area contributed by atoms with Gasteiger partial charge in [-0.15, -0.1) is 0 Å². The molecule has 0 aliphatic heterocycles. The van der Waals surface area contributed by atoms with Crippen molar-refractivity contribution in [1.82, 2.24) is 4.98 Å².